The molecule has 0 aliphatic carbocycles. The number of aromatic nitrogens is 3. The van der Waals surface area contributed by atoms with Crippen LogP contribution >= 0.6 is 11.3 Å². The number of aromatic amines is 1. The van der Waals surface area contributed by atoms with Crippen LogP contribution in [0.5, 0.6) is 0 Å². The number of hydrogen-bond acceptors (Lipinski definition) is 5. The van der Waals surface area contributed by atoms with E-state index < -0.39 is 0 Å². The van der Waals surface area contributed by atoms with Gasteiger partial charge in [0.05, 0.1) is 6.54 Å². The number of nitrogens with one attached hydrogen (secondary N) is 1. The molecule has 0 radical (unpaired) electrons. The van der Waals surface area contributed by atoms with Crippen LogP contribution in [0.1, 0.15) is 39.9 Å². The van der Waals surface area contributed by atoms with E-state index in [-0.39, 0.29) is 5.56 Å². The summed E-state index contributed by atoms with van der Waals surface area (Å²) in [6.07, 6.45) is 4.80. The summed E-state index contributed by atoms with van der Waals surface area (Å²) in [5.74, 6) is 1.94. The maximum absolute atomic E-state index is 13.3. The van der Waals surface area contributed by atoms with Crippen molar-refractivity contribution in [2.75, 3.05) is 20.1 Å². The van der Waals surface area contributed by atoms with Crippen molar-refractivity contribution < 1.29 is 0 Å². The van der Waals surface area contributed by atoms with Crippen molar-refractivity contribution in [2.24, 2.45) is 5.92 Å². The zero-order valence-corrected chi connectivity index (χ0v) is 18.5. The molecule has 2 aliphatic heterocycles. The van der Waals surface area contributed by atoms with Crippen LogP contribution in [-0.4, -0.2) is 44.5 Å². The molecule has 1 N–H and O–H groups in total. The number of pyridine rings is 1. The maximum atomic E-state index is 13.3. The quantitative estimate of drug-likeness (QED) is 0.662. The molecule has 0 amide bonds. The predicted octanol–water partition coefficient (Wildman–Crippen LogP) is 3.19. The fourth-order valence-corrected chi connectivity index (χ4v) is 6.04. The monoisotopic (exact) mass is 423 g/mol. The molecule has 158 valence electrons. The molecular formula is C23H29N5OS. The molecule has 7 heteroatoms. The SMILES string of the molecule is Cc1ccsc1CN1C[C@@H]2C[C@H](C1)c1ccc(CN(C)Cc3ncc[nH]3)c(=O)n1C2. The molecule has 30 heavy (non-hydrogen) atoms. The number of aryl methyl sites for hydroxylation is 1. The summed E-state index contributed by atoms with van der Waals surface area (Å²) in [4.78, 5) is 26.9. The highest BCUT2D eigenvalue weighted by atomic mass is 32.1. The summed E-state index contributed by atoms with van der Waals surface area (Å²) in [7, 11) is 2.03. The number of likely N-dealkylation sites (tertiary alicyclic amines) is 1. The Balaban J connectivity index is 1.32. The zero-order chi connectivity index (χ0) is 20.7. The number of piperidine rings is 1. The Bertz CT molecular complexity index is 1070. The minimum absolute atomic E-state index is 0.191. The van der Waals surface area contributed by atoms with E-state index in [1.165, 1.54) is 22.6 Å². The van der Waals surface area contributed by atoms with Crippen molar-refractivity contribution in [3.05, 3.63) is 73.8 Å². The summed E-state index contributed by atoms with van der Waals surface area (Å²) in [6.45, 7) is 7.56. The Morgan fingerprint density at radius 2 is 2.13 bits per heavy atom. The molecule has 1 fully saturated rings. The van der Waals surface area contributed by atoms with Crippen molar-refractivity contribution in [1.82, 2.24) is 24.3 Å². The van der Waals surface area contributed by atoms with Crippen LogP contribution in [0.2, 0.25) is 0 Å². The Labute approximate surface area is 181 Å². The fourth-order valence-electron chi connectivity index (χ4n) is 5.10. The van der Waals surface area contributed by atoms with Gasteiger partial charge in [-0.1, -0.05) is 6.07 Å². The topological polar surface area (TPSA) is 57.2 Å². The minimum Gasteiger partial charge on any atom is -0.348 e. The van der Waals surface area contributed by atoms with Crippen molar-refractivity contribution in [2.45, 2.75) is 45.4 Å². The van der Waals surface area contributed by atoms with Gasteiger partial charge in [-0.3, -0.25) is 14.6 Å². The van der Waals surface area contributed by atoms with Gasteiger partial charge in [-0.25, -0.2) is 4.98 Å². The molecule has 3 aromatic rings. The Morgan fingerprint density at radius 1 is 1.23 bits per heavy atom. The lowest BCUT2D eigenvalue weighted by molar-refractivity contribution is 0.115. The number of thiophene rings is 1. The molecule has 0 unspecified atom stereocenters. The lowest BCUT2D eigenvalue weighted by Crippen LogP contribution is -2.47. The Kier molecular flexibility index (Phi) is 5.35. The van der Waals surface area contributed by atoms with Crippen molar-refractivity contribution in [1.29, 1.82) is 0 Å². The molecule has 5 rings (SSSR count). The van der Waals surface area contributed by atoms with E-state index >= 15 is 0 Å². The first-order valence-electron chi connectivity index (χ1n) is 10.7. The first-order chi connectivity index (χ1) is 14.6. The van der Waals surface area contributed by atoms with Crippen LogP contribution in [0.15, 0.2) is 40.8 Å². The van der Waals surface area contributed by atoms with E-state index in [0.29, 0.717) is 24.9 Å². The average Bonchev–Trinajstić information content (AvgIpc) is 3.36. The second-order valence-corrected chi connectivity index (χ2v) is 9.93. The molecule has 0 aromatic carbocycles. The second kappa shape index (κ2) is 8.13. The first kappa shape index (κ1) is 19.7. The predicted molar refractivity (Wildman–Crippen MR) is 120 cm³/mol. The number of H-pyrrole nitrogens is 1. The summed E-state index contributed by atoms with van der Waals surface area (Å²) >= 11 is 1.86. The highest BCUT2D eigenvalue weighted by Crippen LogP contribution is 2.36. The van der Waals surface area contributed by atoms with E-state index in [2.05, 4.69) is 54.8 Å². The van der Waals surface area contributed by atoms with Crippen LogP contribution in [-0.2, 0) is 26.2 Å². The molecule has 2 aliphatic rings. The summed E-state index contributed by atoms with van der Waals surface area (Å²) in [5.41, 5.74) is 3.69. The number of nitrogens with zero attached hydrogens (tertiary/aromatic N) is 4. The summed E-state index contributed by atoms with van der Waals surface area (Å²) in [6, 6.07) is 6.47. The van der Waals surface area contributed by atoms with Crippen LogP contribution < -0.4 is 5.56 Å². The van der Waals surface area contributed by atoms with E-state index in [4.69, 9.17) is 0 Å². The number of rotatable bonds is 6. The minimum atomic E-state index is 0.191. The standard InChI is InChI=1S/C23H29N5OS/c1-16-5-8-30-21(16)14-27-10-17-9-19(13-27)20-4-3-18(23(29)28(20)11-17)12-26(2)15-22-24-6-7-25-22/h3-8,17,19H,9-15H2,1-2H3,(H,24,25)/t17-,19+/m0/s1. The molecular weight excluding hydrogens is 394 g/mol. The average molecular weight is 424 g/mol. The lowest BCUT2D eigenvalue weighted by atomic mass is 9.83. The Hall–Kier alpha value is -2.22. The van der Waals surface area contributed by atoms with Crippen LogP contribution in [0, 0.1) is 12.8 Å². The van der Waals surface area contributed by atoms with Gasteiger partial charge in [0.2, 0.25) is 0 Å². The van der Waals surface area contributed by atoms with Gasteiger partial charge < -0.3 is 9.55 Å². The smallest absolute Gasteiger partial charge is 0.255 e. The molecule has 5 heterocycles. The fraction of sp³-hybridized carbons (Fsp3) is 0.478. The largest absolute Gasteiger partial charge is 0.348 e. The highest BCUT2D eigenvalue weighted by molar-refractivity contribution is 7.10. The molecule has 6 nitrogen and oxygen atoms in total. The van der Waals surface area contributed by atoms with Crippen LogP contribution in [0.3, 0.4) is 0 Å². The third-order valence-electron chi connectivity index (χ3n) is 6.51. The highest BCUT2D eigenvalue weighted by Gasteiger charge is 2.35. The van der Waals surface area contributed by atoms with Gasteiger partial charge in [0.1, 0.15) is 5.82 Å². The number of imidazole rings is 1. The molecule has 0 saturated carbocycles. The van der Waals surface area contributed by atoms with Gasteiger partial charge in [-0.15, -0.1) is 11.3 Å². The van der Waals surface area contributed by atoms with E-state index in [0.717, 1.165) is 37.6 Å². The van der Waals surface area contributed by atoms with E-state index in [1.807, 2.05) is 24.6 Å². The third-order valence-corrected chi connectivity index (χ3v) is 7.52. The zero-order valence-electron chi connectivity index (χ0n) is 17.7. The van der Waals surface area contributed by atoms with Crippen molar-refractivity contribution in [3.63, 3.8) is 0 Å². The maximum Gasteiger partial charge on any atom is 0.255 e. The number of hydrogen-bond donors (Lipinski definition) is 1. The second-order valence-electron chi connectivity index (χ2n) is 8.93. The van der Waals surface area contributed by atoms with Gasteiger partial charge in [0.25, 0.3) is 5.56 Å². The van der Waals surface area contributed by atoms with E-state index in [1.54, 1.807) is 6.20 Å². The van der Waals surface area contributed by atoms with Crippen molar-refractivity contribution in [3.8, 4) is 0 Å². The van der Waals surface area contributed by atoms with Gasteiger partial charge in [0.15, 0.2) is 0 Å². The number of fused-ring (bicyclic) bond motifs is 4. The summed E-state index contributed by atoms with van der Waals surface area (Å²) in [5, 5.41) is 2.19. The van der Waals surface area contributed by atoms with Gasteiger partial charge in [-0.05, 0) is 49.4 Å². The molecule has 0 spiro atoms. The lowest BCUT2D eigenvalue weighted by Gasteiger charge is -2.43. The van der Waals surface area contributed by atoms with Gasteiger partial charge in [-0.2, -0.15) is 0 Å². The normalized spacial score (nSPS) is 21.2. The van der Waals surface area contributed by atoms with Gasteiger partial charge >= 0.3 is 0 Å². The van der Waals surface area contributed by atoms with Gasteiger partial charge in [0, 0.05) is 67.2 Å². The molecule has 1 saturated heterocycles. The molecule has 2 bridgehead atoms. The van der Waals surface area contributed by atoms with Crippen molar-refractivity contribution >= 4 is 11.3 Å². The first-order valence-corrected chi connectivity index (χ1v) is 11.6. The molecule has 3 aromatic heterocycles. The van der Waals surface area contributed by atoms with Crippen LogP contribution in [0.4, 0.5) is 0 Å². The van der Waals surface area contributed by atoms with Crippen LogP contribution in [0.25, 0.3) is 0 Å². The molecule has 2 atom stereocenters. The van der Waals surface area contributed by atoms with E-state index in [9.17, 15) is 4.79 Å². The summed E-state index contributed by atoms with van der Waals surface area (Å²) < 4.78 is 2.07. The Morgan fingerprint density at radius 3 is 2.90 bits per heavy atom. The third kappa shape index (κ3) is 3.89.